The number of carbonyl (C=O) groups is 3. The van der Waals surface area contributed by atoms with E-state index in [4.69, 9.17) is 9.84 Å². The summed E-state index contributed by atoms with van der Waals surface area (Å²) >= 11 is 0. The second kappa shape index (κ2) is 9.32. The fourth-order valence-electron chi connectivity index (χ4n) is 1.43. The number of methoxy groups -OCH3 is 1. The van der Waals surface area contributed by atoms with E-state index >= 15 is 0 Å². The molecule has 0 aromatic rings. The number of nitrogens with zero attached hydrogens (tertiary/aromatic N) is 2. The zero-order chi connectivity index (χ0) is 14.8. The minimum absolute atomic E-state index is 0.0468. The van der Waals surface area contributed by atoms with E-state index in [1.54, 1.807) is 14.1 Å². The highest BCUT2D eigenvalue weighted by Crippen LogP contribution is 2.03. The molecule has 1 N–H and O–H groups in total. The summed E-state index contributed by atoms with van der Waals surface area (Å²) in [6, 6.07) is 0. The molecule has 19 heavy (non-hydrogen) atoms. The molecular formula is C12H22N2O5. The van der Waals surface area contributed by atoms with Crippen LogP contribution in [0.5, 0.6) is 0 Å². The second-order valence-corrected chi connectivity index (χ2v) is 4.34. The van der Waals surface area contributed by atoms with Crippen LogP contribution in [0.4, 0.5) is 0 Å². The van der Waals surface area contributed by atoms with Crippen molar-refractivity contribution >= 4 is 17.8 Å². The van der Waals surface area contributed by atoms with E-state index in [9.17, 15) is 14.4 Å². The molecule has 0 aliphatic carbocycles. The highest BCUT2D eigenvalue weighted by Gasteiger charge is 2.16. The smallest absolute Gasteiger partial charge is 0.323 e. The molecule has 0 aromatic heterocycles. The maximum Gasteiger partial charge on any atom is 0.323 e. The third-order valence-corrected chi connectivity index (χ3v) is 2.52. The normalized spacial score (nSPS) is 10.1. The molecule has 0 heterocycles. The summed E-state index contributed by atoms with van der Waals surface area (Å²) in [5.41, 5.74) is 0. The fraction of sp³-hybridized carbons (Fsp3) is 0.750. The minimum Gasteiger partial charge on any atom is -0.480 e. The van der Waals surface area contributed by atoms with Crippen LogP contribution in [0.1, 0.15) is 19.3 Å². The Hall–Kier alpha value is -1.63. The van der Waals surface area contributed by atoms with Gasteiger partial charge < -0.3 is 19.6 Å². The Bertz CT molecular complexity index is 317. The van der Waals surface area contributed by atoms with Crippen LogP contribution in [0.2, 0.25) is 0 Å². The van der Waals surface area contributed by atoms with Crippen LogP contribution in [0.3, 0.4) is 0 Å². The summed E-state index contributed by atoms with van der Waals surface area (Å²) in [6.45, 7) is 0.183. The first kappa shape index (κ1) is 17.4. The lowest BCUT2D eigenvalue weighted by Crippen LogP contribution is -2.38. The summed E-state index contributed by atoms with van der Waals surface area (Å²) in [5, 5.41) is 8.72. The van der Waals surface area contributed by atoms with Crippen LogP contribution in [0, 0.1) is 0 Å². The van der Waals surface area contributed by atoms with Crippen molar-refractivity contribution in [1.82, 2.24) is 9.80 Å². The Morgan fingerprint density at radius 1 is 1.11 bits per heavy atom. The Labute approximate surface area is 113 Å². The van der Waals surface area contributed by atoms with Crippen LogP contribution >= 0.6 is 0 Å². The first-order valence-corrected chi connectivity index (χ1v) is 6.07. The number of carboxylic acids is 1. The second-order valence-electron chi connectivity index (χ2n) is 4.34. The average molecular weight is 274 g/mol. The molecule has 0 radical (unpaired) electrons. The molecule has 110 valence electrons. The van der Waals surface area contributed by atoms with Gasteiger partial charge in [0.2, 0.25) is 11.8 Å². The van der Waals surface area contributed by atoms with Crippen molar-refractivity contribution in [3.05, 3.63) is 0 Å². The van der Waals surface area contributed by atoms with Crippen molar-refractivity contribution in [1.29, 1.82) is 0 Å². The summed E-state index contributed by atoms with van der Waals surface area (Å²) in [5.74, 6) is -1.38. The Morgan fingerprint density at radius 2 is 1.68 bits per heavy atom. The third-order valence-electron chi connectivity index (χ3n) is 2.52. The van der Waals surface area contributed by atoms with Crippen molar-refractivity contribution in [2.45, 2.75) is 19.3 Å². The van der Waals surface area contributed by atoms with Crippen molar-refractivity contribution in [2.24, 2.45) is 0 Å². The lowest BCUT2D eigenvalue weighted by Gasteiger charge is -2.20. The SMILES string of the molecule is COCCN(CC(=O)O)C(=O)CCCC(=O)N(C)C. The summed E-state index contributed by atoms with van der Waals surface area (Å²) in [7, 11) is 4.79. The van der Waals surface area contributed by atoms with Crippen molar-refractivity contribution in [3.63, 3.8) is 0 Å². The number of rotatable bonds is 9. The largest absolute Gasteiger partial charge is 0.480 e. The van der Waals surface area contributed by atoms with Crippen LogP contribution in [0.15, 0.2) is 0 Å². The van der Waals surface area contributed by atoms with E-state index < -0.39 is 5.97 Å². The molecule has 0 spiro atoms. The number of hydrogen-bond acceptors (Lipinski definition) is 4. The first-order chi connectivity index (χ1) is 8.88. The molecule has 0 aliphatic rings. The standard InChI is InChI=1S/C12H22N2O5/c1-13(2)10(15)5-4-6-11(16)14(7-8-19-3)9-12(17)18/h4-9H2,1-3H3,(H,17,18). The van der Waals surface area contributed by atoms with Gasteiger partial charge in [-0.3, -0.25) is 14.4 Å². The highest BCUT2D eigenvalue weighted by molar-refractivity contribution is 5.82. The number of carboxylic acid groups (broad SMARTS) is 1. The van der Waals surface area contributed by atoms with Crippen molar-refractivity contribution in [2.75, 3.05) is 40.9 Å². The number of amides is 2. The maximum atomic E-state index is 11.8. The first-order valence-electron chi connectivity index (χ1n) is 6.07. The van der Waals surface area contributed by atoms with Crippen LogP contribution in [0.25, 0.3) is 0 Å². The van der Waals surface area contributed by atoms with Gasteiger partial charge in [-0.15, -0.1) is 0 Å². The highest BCUT2D eigenvalue weighted by atomic mass is 16.5. The molecule has 0 unspecified atom stereocenters. The average Bonchev–Trinajstić information content (AvgIpc) is 2.33. The molecule has 0 saturated heterocycles. The Morgan fingerprint density at radius 3 is 2.16 bits per heavy atom. The van der Waals surface area contributed by atoms with Gasteiger partial charge in [-0.25, -0.2) is 0 Å². The Balaban J connectivity index is 4.16. The summed E-state index contributed by atoms with van der Waals surface area (Å²) in [4.78, 5) is 36.5. The minimum atomic E-state index is -1.06. The Kier molecular flexibility index (Phi) is 8.52. The van der Waals surface area contributed by atoms with Gasteiger partial charge >= 0.3 is 5.97 Å². The van der Waals surface area contributed by atoms with Gasteiger partial charge in [0.05, 0.1) is 6.61 Å². The molecular weight excluding hydrogens is 252 g/mol. The molecule has 0 atom stereocenters. The van der Waals surface area contributed by atoms with Gasteiger partial charge in [0.25, 0.3) is 0 Å². The lowest BCUT2D eigenvalue weighted by molar-refractivity contribution is -0.145. The number of ether oxygens (including phenoxy) is 1. The lowest BCUT2D eigenvalue weighted by atomic mass is 10.2. The van der Waals surface area contributed by atoms with E-state index in [1.807, 2.05) is 0 Å². The van der Waals surface area contributed by atoms with Gasteiger partial charge in [0, 0.05) is 40.6 Å². The van der Waals surface area contributed by atoms with Gasteiger partial charge in [-0.2, -0.15) is 0 Å². The van der Waals surface area contributed by atoms with Gasteiger partial charge in [-0.05, 0) is 6.42 Å². The van der Waals surface area contributed by atoms with E-state index in [1.165, 1.54) is 16.9 Å². The molecule has 0 saturated carbocycles. The van der Waals surface area contributed by atoms with Crippen molar-refractivity contribution < 1.29 is 24.2 Å². The zero-order valence-corrected chi connectivity index (χ0v) is 11.7. The molecule has 0 rings (SSSR count). The summed E-state index contributed by atoms with van der Waals surface area (Å²) < 4.78 is 4.83. The van der Waals surface area contributed by atoms with E-state index in [2.05, 4.69) is 0 Å². The molecule has 7 nitrogen and oxygen atoms in total. The van der Waals surface area contributed by atoms with Gasteiger partial charge in [-0.1, -0.05) is 0 Å². The molecule has 2 amide bonds. The predicted octanol–water partition coefficient (Wildman–Crippen LogP) is -0.195. The molecule has 0 bridgehead atoms. The molecule has 0 aromatic carbocycles. The summed E-state index contributed by atoms with van der Waals surface area (Å²) in [6.07, 6.45) is 0.861. The quantitative estimate of drug-likeness (QED) is 0.629. The van der Waals surface area contributed by atoms with Crippen LogP contribution < -0.4 is 0 Å². The molecule has 0 fully saturated rings. The zero-order valence-electron chi connectivity index (χ0n) is 11.7. The van der Waals surface area contributed by atoms with E-state index in [-0.39, 0.29) is 44.4 Å². The van der Waals surface area contributed by atoms with E-state index in [0.717, 1.165) is 0 Å². The number of aliphatic carboxylic acids is 1. The topological polar surface area (TPSA) is 87.1 Å². The molecule has 0 aliphatic heterocycles. The monoisotopic (exact) mass is 274 g/mol. The van der Waals surface area contributed by atoms with Gasteiger partial charge in [0.15, 0.2) is 0 Å². The molecule has 7 heteroatoms. The third kappa shape index (κ3) is 8.15. The predicted molar refractivity (Wildman–Crippen MR) is 68.6 cm³/mol. The van der Waals surface area contributed by atoms with Crippen LogP contribution in [-0.2, 0) is 19.1 Å². The van der Waals surface area contributed by atoms with Gasteiger partial charge in [0.1, 0.15) is 6.54 Å². The number of hydrogen-bond donors (Lipinski definition) is 1. The number of carbonyl (C=O) groups excluding carboxylic acids is 2. The van der Waals surface area contributed by atoms with Crippen molar-refractivity contribution in [3.8, 4) is 0 Å². The fourth-order valence-corrected chi connectivity index (χ4v) is 1.43. The maximum absolute atomic E-state index is 11.8. The van der Waals surface area contributed by atoms with E-state index in [0.29, 0.717) is 6.42 Å². The van der Waals surface area contributed by atoms with Crippen LogP contribution in [-0.4, -0.2) is 73.6 Å².